The first-order valence-electron chi connectivity index (χ1n) is 9.96. The highest BCUT2D eigenvalue weighted by atomic mass is 32.1. The van der Waals surface area contributed by atoms with Gasteiger partial charge in [-0.25, -0.2) is 4.98 Å². The van der Waals surface area contributed by atoms with Gasteiger partial charge in [-0.3, -0.25) is 4.79 Å². The standard InChI is InChI=1S/C23H23N3OS/c27-23(26-18-11-12-19(26)15-24-14-13-18)21-20(16-7-3-1-4-8-16)25-22(28-21)17-9-5-2-6-10-17/h1-10,18-19,24H,11-15H2. The van der Waals surface area contributed by atoms with Crippen molar-refractivity contribution in [3.8, 4) is 21.8 Å². The molecule has 2 saturated heterocycles. The molecule has 5 rings (SSSR count). The quantitative estimate of drug-likeness (QED) is 0.720. The first-order valence-corrected chi connectivity index (χ1v) is 10.8. The molecule has 3 aromatic rings. The molecule has 5 heteroatoms. The third-order valence-electron chi connectivity index (χ3n) is 5.78. The molecule has 0 radical (unpaired) electrons. The number of nitrogens with zero attached hydrogens (tertiary/aromatic N) is 2. The summed E-state index contributed by atoms with van der Waals surface area (Å²) in [6, 6.07) is 20.9. The van der Waals surface area contributed by atoms with Crippen LogP contribution >= 0.6 is 11.3 Å². The maximum absolute atomic E-state index is 13.7. The van der Waals surface area contributed by atoms with E-state index in [2.05, 4.69) is 22.3 Å². The van der Waals surface area contributed by atoms with Gasteiger partial charge in [0.05, 0.1) is 5.69 Å². The van der Waals surface area contributed by atoms with Crippen molar-refractivity contribution in [1.29, 1.82) is 0 Å². The molecule has 142 valence electrons. The van der Waals surface area contributed by atoms with E-state index in [9.17, 15) is 4.79 Å². The third kappa shape index (κ3) is 3.15. The number of hydrogen-bond acceptors (Lipinski definition) is 4. The highest BCUT2D eigenvalue weighted by molar-refractivity contribution is 7.17. The molecular formula is C23H23N3OS. The van der Waals surface area contributed by atoms with Crippen molar-refractivity contribution in [3.05, 3.63) is 65.5 Å². The number of thiazole rings is 1. The lowest BCUT2D eigenvalue weighted by Crippen LogP contribution is -2.42. The number of benzene rings is 2. The second-order valence-electron chi connectivity index (χ2n) is 7.52. The van der Waals surface area contributed by atoms with Gasteiger partial charge in [0.25, 0.3) is 5.91 Å². The molecule has 0 spiro atoms. The van der Waals surface area contributed by atoms with Crippen molar-refractivity contribution in [2.24, 2.45) is 0 Å². The van der Waals surface area contributed by atoms with Crippen LogP contribution in [0.4, 0.5) is 0 Å². The number of hydrogen-bond donors (Lipinski definition) is 1. The van der Waals surface area contributed by atoms with E-state index in [1.54, 1.807) is 0 Å². The van der Waals surface area contributed by atoms with Crippen molar-refractivity contribution in [2.45, 2.75) is 31.3 Å². The van der Waals surface area contributed by atoms with Crippen LogP contribution in [0.25, 0.3) is 21.8 Å². The number of carbonyl (C=O) groups is 1. The molecule has 3 heterocycles. The van der Waals surface area contributed by atoms with Gasteiger partial charge >= 0.3 is 0 Å². The van der Waals surface area contributed by atoms with Crippen molar-refractivity contribution in [1.82, 2.24) is 15.2 Å². The Morgan fingerprint density at radius 2 is 1.61 bits per heavy atom. The smallest absolute Gasteiger partial charge is 0.266 e. The van der Waals surface area contributed by atoms with Gasteiger partial charge in [-0.05, 0) is 25.8 Å². The van der Waals surface area contributed by atoms with Crippen LogP contribution in [-0.4, -0.2) is 41.0 Å². The Morgan fingerprint density at radius 3 is 2.36 bits per heavy atom. The summed E-state index contributed by atoms with van der Waals surface area (Å²) in [7, 11) is 0. The summed E-state index contributed by atoms with van der Waals surface area (Å²) in [5, 5.41) is 4.39. The number of carbonyl (C=O) groups excluding carboxylic acids is 1. The molecule has 2 atom stereocenters. The summed E-state index contributed by atoms with van der Waals surface area (Å²) in [4.78, 5) is 21.6. The summed E-state index contributed by atoms with van der Waals surface area (Å²) < 4.78 is 0. The Balaban J connectivity index is 1.59. The second-order valence-corrected chi connectivity index (χ2v) is 8.52. The van der Waals surface area contributed by atoms with Gasteiger partial charge < -0.3 is 10.2 Å². The zero-order chi connectivity index (χ0) is 18.9. The SMILES string of the molecule is O=C(c1sc(-c2ccccc2)nc1-c1ccccc1)N1C2CCNCC1CC2. The summed E-state index contributed by atoms with van der Waals surface area (Å²) >= 11 is 1.53. The predicted molar refractivity (Wildman–Crippen MR) is 113 cm³/mol. The fraction of sp³-hybridized carbons (Fsp3) is 0.304. The summed E-state index contributed by atoms with van der Waals surface area (Å²) in [6.45, 7) is 1.89. The van der Waals surface area contributed by atoms with Gasteiger partial charge in [0.1, 0.15) is 9.88 Å². The molecule has 2 aromatic carbocycles. The van der Waals surface area contributed by atoms with E-state index in [1.807, 2.05) is 48.5 Å². The number of nitrogens with one attached hydrogen (secondary N) is 1. The zero-order valence-electron chi connectivity index (χ0n) is 15.7. The monoisotopic (exact) mass is 389 g/mol. The zero-order valence-corrected chi connectivity index (χ0v) is 16.5. The average Bonchev–Trinajstić information content (AvgIpc) is 3.29. The Hall–Kier alpha value is -2.50. The molecule has 2 bridgehead atoms. The van der Waals surface area contributed by atoms with Gasteiger partial charge in [-0.2, -0.15) is 0 Å². The number of aromatic nitrogens is 1. The van der Waals surface area contributed by atoms with Gasteiger partial charge in [0.15, 0.2) is 0 Å². The Kier molecular flexibility index (Phi) is 4.71. The molecule has 1 aromatic heterocycles. The molecular weight excluding hydrogens is 366 g/mol. The first kappa shape index (κ1) is 17.6. The Bertz CT molecular complexity index is 956. The van der Waals surface area contributed by atoms with Crippen LogP contribution in [-0.2, 0) is 0 Å². The van der Waals surface area contributed by atoms with Crippen LogP contribution in [0.2, 0.25) is 0 Å². The lowest BCUT2D eigenvalue weighted by Gasteiger charge is -2.27. The average molecular weight is 390 g/mol. The topological polar surface area (TPSA) is 45.2 Å². The Labute approximate surface area is 169 Å². The molecule has 2 unspecified atom stereocenters. The van der Waals surface area contributed by atoms with E-state index in [1.165, 1.54) is 11.3 Å². The third-order valence-corrected chi connectivity index (χ3v) is 6.87. The maximum Gasteiger partial charge on any atom is 0.266 e. The molecule has 2 aliphatic rings. The normalized spacial score (nSPS) is 21.5. The van der Waals surface area contributed by atoms with E-state index < -0.39 is 0 Å². The Morgan fingerprint density at radius 1 is 0.929 bits per heavy atom. The molecule has 0 aliphatic carbocycles. The highest BCUT2D eigenvalue weighted by Gasteiger charge is 2.40. The van der Waals surface area contributed by atoms with E-state index >= 15 is 0 Å². The minimum absolute atomic E-state index is 0.148. The summed E-state index contributed by atoms with van der Waals surface area (Å²) in [5.74, 6) is 0.148. The number of amides is 1. The highest BCUT2D eigenvalue weighted by Crippen LogP contribution is 2.37. The van der Waals surface area contributed by atoms with Gasteiger partial charge in [0, 0.05) is 29.8 Å². The van der Waals surface area contributed by atoms with Crippen molar-refractivity contribution in [3.63, 3.8) is 0 Å². The van der Waals surface area contributed by atoms with Crippen molar-refractivity contribution in [2.75, 3.05) is 13.1 Å². The minimum Gasteiger partial charge on any atom is -0.331 e. The maximum atomic E-state index is 13.7. The molecule has 4 nitrogen and oxygen atoms in total. The summed E-state index contributed by atoms with van der Waals surface area (Å²) in [5.41, 5.74) is 2.87. The largest absolute Gasteiger partial charge is 0.331 e. The number of fused-ring (bicyclic) bond motifs is 2. The second kappa shape index (κ2) is 7.49. The van der Waals surface area contributed by atoms with Crippen LogP contribution in [0.1, 0.15) is 28.9 Å². The van der Waals surface area contributed by atoms with Crippen molar-refractivity contribution >= 4 is 17.2 Å². The van der Waals surface area contributed by atoms with Crippen molar-refractivity contribution < 1.29 is 4.79 Å². The predicted octanol–water partition coefficient (Wildman–Crippen LogP) is 4.44. The molecule has 2 fully saturated rings. The van der Waals surface area contributed by atoms with Crippen LogP contribution in [0.3, 0.4) is 0 Å². The summed E-state index contributed by atoms with van der Waals surface area (Å²) in [6.07, 6.45) is 3.24. The van der Waals surface area contributed by atoms with E-state index in [0.29, 0.717) is 12.1 Å². The molecule has 0 saturated carbocycles. The van der Waals surface area contributed by atoms with Crippen LogP contribution in [0.5, 0.6) is 0 Å². The fourth-order valence-electron chi connectivity index (χ4n) is 4.39. The number of rotatable bonds is 3. The van der Waals surface area contributed by atoms with E-state index in [0.717, 1.165) is 59.1 Å². The van der Waals surface area contributed by atoms with Gasteiger partial charge in [-0.15, -0.1) is 11.3 Å². The van der Waals surface area contributed by atoms with Crippen LogP contribution in [0, 0.1) is 0 Å². The van der Waals surface area contributed by atoms with Crippen LogP contribution in [0.15, 0.2) is 60.7 Å². The van der Waals surface area contributed by atoms with E-state index in [4.69, 9.17) is 4.98 Å². The van der Waals surface area contributed by atoms with Gasteiger partial charge in [0.2, 0.25) is 0 Å². The lowest BCUT2D eigenvalue weighted by molar-refractivity contribution is 0.0686. The fourth-order valence-corrected chi connectivity index (χ4v) is 5.43. The van der Waals surface area contributed by atoms with Crippen LogP contribution < -0.4 is 5.32 Å². The lowest BCUT2D eigenvalue weighted by atomic mass is 10.1. The molecule has 2 aliphatic heterocycles. The van der Waals surface area contributed by atoms with E-state index in [-0.39, 0.29) is 5.91 Å². The molecule has 1 amide bonds. The molecule has 1 N–H and O–H groups in total. The molecule has 28 heavy (non-hydrogen) atoms. The first-order chi connectivity index (χ1) is 13.8. The van der Waals surface area contributed by atoms with Gasteiger partial charge in [-0.1, -0.05) is 60.7 Å². The minimum atomic E-state index is 0.148.